The van der Waals surface area contributed by atoms with E-state index in [9.17, 15) is 83.1 Å². The summed E-state index contributed by atoms with van der Waals surface area (Å²) in [5.41, 5.74) is 10.9. The molecule has 0 aliphatic carbocycles. The first-order chi connectivity index (χ1) is 29.8. The number of nitrogens with one attached hydrogen (secondary N) is 8. The van der Waals surface area contributed by atoms with E-state index in [4.69, 9.17) is 11.5 Å². The van der Waals surface area contributed by atoms with Crippen molar-refractivity contribution in [2.75, 3.05) is 30.1 Å². The van der Waals surface area contributed by atoms with Crippen molar-refractivity contribution < 1.29 is 83.1 Å². The molecule has 0 spiro atoms. The molecule has 64 heavy (non-hydrogen) atoms. The second kappa shape index (κ2) is 29.8. The summed E-state index contributed by atoms with van der Waals surface area (Å²) >= 11 is 8.88. The largest absolute Gasteiger partial charge is 0.481 e. The average Bonchev–Trinajstić information content (AvgIpc) is 3.21. The standard InChI is InChI=1S/C34H56N10O17S3/c1-13(26(52)40-19(9-24(50)51)31(57)43-21(12-63)34(60)61)37-30(56)18(8-22(36)47)41-29(55)17(6-7-64-3)38-32(58)20(10-45)42-28(54)16(4-5-23(48)49)39-33(59)25(14(2)46)44-27(53)15(35)11-62/h13-21,25,45-46,62-63H,4-12,35H2,1-3H3,(H2,36,47)(H,37,56)(H,38,58)(H,39,59)(H,40,52)(H,41,55)(H,42,54)(H,43,57)(H,44,53)(H,48,49)(H,50,51)(H,60,61)/t13-,14+,15-,16-,17-,18-,19-,20-,21-,25-/m0/s1. The molecule has 27 nitrogen and oxygen atoms in total. The molecule has 0 aromatic heterocycles. The molecule has 9 amide bonds. The molecule has 0 fully saturated rings. The van der Waals surface area contributed by atoms with Gasteiger partial charge in [0.25, 0.3) is 0 Å². The minimum atomic E-state index is -1.87. The van der Waals surface area contributed by atoms with E-state index >= 15 is 0 Å². The van der Waals surface area contributed by atoms with Crippen LogP contribution < -0.4 is 54.0 Å². The lowest BCUT2D eigenvalue weighted by Gasteiger charge is -2.27. The van der Waals surface area contributed by atoms with Gasteiger partial charge in [-0.25, -0.2) is 4.79 Å². The molecule has 30 heteroatoms. The monoisotopic (exact) mass is 972 g/mol. The maximum Gasteiger partial charge on any atom is 0.327 e. The zero-order valence-corrected chi connectivity index (χ0v) is 37.3. The van der Waals surface area contributed by atoms with Crippen LogP contribution in [0.1, 0.15) is 46.0 Å². The fourth-order valence-corrected chi connectivity index (χ4v) is 5.88. The number of amides is 9. The summed E-state index contributed by atoms with van der Waals surface area (Å²) < 4.78 is 0. The number of carbonyl (C=O) groups excluding carboxylic acids is 9. The molecule has 0 radical (unpaired) electrons. The van der Waals surface area contributed by atoms with E-state index in [0.29, 0.717) is 0 Å². The molecule has 0 aliphatic heterocycles. The van der Waals surface area contributed by atoms with Crippen LogP contribution in [-0.4, -0.2) is 187 Å². The Kier molecular flexibility index (Phi) is 27.3. The number of carboxylic acid groups (broad SMARTS) is 3. The molecule has 10 atom stereocenters. The number of thioether (sulfide) groups is 1. The van der Waals surface area contributed by atoms with E-state index in [1.54, 1.807) is 6.26 Å². The van der Waals surface area contributed by atoms with Gasteiger partial charge in [-0.15, -0.1) is 0 Å². The van der Waals surface area contributed by atoms with Crippen molar-refractivity contribution in [2.45, 2.75) is 106 Å². The molecule has 0 aromatic carbocycles. The van der Waals surface area contributed by atoms with Gasteiger partial charge in [-0.1, -0.05) is 0 Å². The summed E-state index contributed by atoms with van der Waals surface area (Å²) in [7, 11) is 0. The van der Waals surface area contributed by atoms with E-state index in [2.05, 4.69) is 62.5 Å². The van der Waals surface area contributed by atoms with Crippen molar-refractivity contribution in [3.05, 3.63) is 0 Å². The number of aliphatic hydroxyl groups is 2. The predicted octanol–water partition coefficient (Wildman–Crippen LogP) is -7.50. The van der Waals surface area contributed by atoms with Crippen LogP contribution in [0.5, 0.6) is 0 Å². The first-order valence-electron chi connectivity index (χ1n) is 19.0. The third kappa shape index (κ3) is 21.8. The number of carboxylic acids is 3. The summed E-state index contributed by atoms with van der Waals surface area (Å²) in [5, 5.41) is 65.1. The van der Waals surface area contributed by atoms with Gasteiger partial charge in [0.05, 0.1) is 31.6 Å². The molecule has 0 unspecified atom stereocenters. The zero-order valence-electron chi connectivity index (χ0n) is 34.7. The van der Waals surface area contributed by atoms with Gasteiger partial charge in [-0.3, -0.25) is 52.7 Å². The fourth-order valence-electron chi connectivity index (χ4n) is 4.99. The van der Waals surface area contributed by atoms with Crippen LogP contribution >= 0.6 is 37.0 Å². The highest BCUT2D eigenvalue weighted by Gasteiger charge is 2.35. The smallest absolute Gasteiger partial charge is 0.327 e. The van der Waals surface area contributed by atoms with Gasteiger partial charge in [-0.2, -0.15) is 37.0 Å². The number of nitrogens with two attached hydrogens (primary N) is 2. The molecule has 0 rings (SSSR count). The first kappa shape index (κ1) is 58.6. The summed E-state index contributed by atoms with van der Waals surface area (Å²) in [6.07, 6.45) is -3.28. The van der Waals surface area contributed by atoms with Crippen LogP contribution in [0.15, 0.2) is 0 Å². The molecule has 0 saturated heterocycles. The lowest BCUT2D eigenvalue weighted by molar-refractivity contribution is -0.143. The van der Waals surface area contributed by atoms with E-state index in [-0.39, 0.29) is 17.9 Å². The van der Waals surface area contributed by atoms with Gasteiger partial charge in [0.1, 0.15) is 48.3 Å². The molecule has 0 aromatic rings. The maximum absolute atomic E-state index is 13.5. The Balaban J connectivity index is 6.20. The van der Waals surface area contributed by atoms with Crippen LogP contribution in [0.25, 0.3) is 0 Å². The summed E-state index contributed by atoms with van der Waals surface area (Å²) in [6, 6.07) is -14.9. The molecule has 362 valence electrons. The fraction of sp³-hybridized carbons (Fsp3) is 0.647. The van der Waals surface area contributed by atoms with Gasteiger partial charge in [0.2, 0.25) is 53.2 Å². The first-order valence-corrected chi connectivity index (χ1v) is 21.6. The quantitative estimate of drug-likeness (QED) is 0.0287. The molecular formula is C34H56N10O17S3. The number of aliphatic carboxylic acids is 3. The zero-order chi connectivity index (χ0) is 49.4. The number of rotatable bonds is 31. The van der Waals surface area contributed by atoms with Gasteiger partial charge < -0.3 is 79.5 Å². The normalized spacial score (nSPS) is 15.6. The van der Waals surface area contributed by atoms with Crippen molar-refractivity contribution in [1.82, 2.24) is 42.5 Å². The Morgan fingerprint density at radius 2 is 1.02 bits per heavy atom. The highest BCUT2D eigenvalue weighted by molar-refractivity contribution is 7.98. The lowest BCUT2D eigenvalue weighted by Crippen LogP contribution is -2.61. The highest BCUT2D eigenvalue weighted by atomic mass is 32.2. The van der Waals surface area contributed by atoms with Crippen LogP contribution in [0.4, 0.5) is 0 Å². The number of primary amides is 1. The van der Waals surface area contributed by atoms with Crippen molar-refractivity contribution in [2.24, 2.45) is 11.5 Å². The molecule has 0 saturated carbocycles. The van der Waals surface area contributed by atoms with Crippen molar-refractivity contribution >= 4 is 108 Å². The number of hydrogen-bond donors (Lipinski definition) is 17. The average molecular weight is 973 g/mol. The maximum atomic E-state index is 13.5. The van der Waals surface area contributed by atoms with Crippen molar-refractivity contribution in [3.63, 3.8) is 0 Å². The SMILES string of the molecule is CSCC[C@H](NC(=O)[C@H](CO)NC(=O)[C@H](CCC(=O)O)NC(=O)[C@@H](NC(=O)[C@@H](N)CS)[C@@H](C)O)C(=O)N[C@@H](CC(N)=O)C(=O)N[C@@H](C)C(=O)N[C@@H](CC(=O)O)C(=O)N[C@@H](CS)C(=O)O. The third-order valence-corrected chi connectivity index (χ3v) is 9.94. The van der Waals surface area contributed by atoms with E-state index in [1.807, 2.05) is 5.32 Å². The molecule has 0 bridgehead atoms. The Morgan fingerprint density at radius 3 is 1.48 bits per heavy atom. The highest BCUT2D eigenvalue weighted by Crippen LogP contribution is 2.07. The number of hydrogen-bond acceptors (Lipinski definition) is 18. The lowest BCUT2D eigenvalue weighted by atomic mass is 10.1. The minimum absolute atomic E-state index is 0.141. The van der Waals surface area contributed by atoms with E-state index < -0.39 is 170 Å². The molecule has 0 aliphatic rings. The summed E-state index contributed by atoms with van der Waals surface area (Å²) in [5.74, 6) is -15.1. The Morgan fingerprint density at radius 1 is 0.562 bits per heavy atom. The van der Waals surface area contributed by atoms with Crippen LogP contribution in [0.2, 0.25) is 0 Å². The van der Waals surface area contributed by atoms with Crippen molar-refractivity contribution in [3.8, 4) is 0 Å². The Hall–Kier alpha value is -5.43. The molecular weight excluding hydrogens is 917 g/mol. The van der Waals surface area contributed by atoms with Gasteiger partial charge in [-0.05, 0) is 38.7 Å². The van der Waals surface area contributed by atoms with Gasteiger partial charge in [0.15, 0.2) is 0 Å². The van der Waals surface area contributed by atoms with E-state index in [1.165, 1.54) is 11.8 Å². The third-order valence-electron chi connectivity index (χ3n) is 8.53. The molecule has 0 heterocycles. The summed E-state index contributed by atoms with van der Waals surface area (Å²) in [4.78, 5) is 150. The van der Waals surface area contributed by atoms with E-state index in [0.717, 1.165) is 13.8 Å². The Bertz CT molecular complexity index is 1710. The van der Waals surface area contributed by atoms with Crippen LogP contribution in [-0.2, 0) is 57.5 Å². The number of aliphatic hydroxyl groups excluding tert-OH is 2. The van der Waals surface area contributed by atoms with Crippen LogP contribution in [0.3, 0.4) is 0 Å². The number of thiol groups is 2. The minimum Gasteiger partial charge on any atom is -0.481 e. The second-order valence-corrected chi connectivity index (χ2v) is 15.5. The topological polar surface area (TPSA) is 454 Å². The van der Waals surface area contributed by atoms with Gasteiger partial charge >= 0.3 is 17.9 Å². The number of carbonyl (C=O) groups is 12. The molecule has 17 N–H and O–H groups in total. The summed E-state index contributed by atoms with van der Waals surface area (Å²) in [6.45, 7) is 1.07. The predicted molar refractivity (Wildman–Crippen MR) is 229 cm³/mol. The Labute approximate surface area is 380 Å². The van der Waals surface area contributed by atoms with Gasteiger partial charge in [0, 0.05) is 17.9 Å². The van der Waals surface area contributed by atoms with Crippen LogP contribution in [0, 0.1) is 0 Å². The van der Waals surface area contributed by atoms with Crippen molar-refractivity contribution in [1.29, 1.82) is 0 Å². The second-order valence-electron chi connectivity index (χ2n) is 13.8.